The van der Waals surface area contributed by atoms with Gasteiger partial charge in [-0.2, -0.15) is 5.26 Å². The van der Waals surface area contributed by atoms with Crippen LogP contribution in [0.1, 0.15) is 30.5 Å². The van der Waals surface area contributed by atoms with Gasteiger partial charge in [0.1, 0.15) is 0 Å². The van der Waals surface area contributed by atoms with Gasteiger partial charge in [0.15, 0.2) is 0 Å². The van der Waals surface area contributed by atoms with Crippen LogP contribution < -0.4 is 0 Å². The molecule has 0 aliphatic rings. The van der Waals surface area contributed by atoms with Crippen LogP contribution in [0.3, 0.4) is 0 Å². The molecule has 1 atom stereocenters. The second kappa shape index (κ2) is 7.42. The summed E-state index contributed by atoms with van der Waals surface area (Å²) >= 11 is 0. The summed E-state index contributed by atoms with van der Waals surface area (Å²) in [6.07, 6.45) is 4.12. The third-order valence-corrected chi connectivity index (χ3v) is 3.45. The number of benzene rings is 1. The van der Waals surface area contributed by atoms with E-state index in [2.05, 4.69) is 35.0 Å². The third-order valence-electron chi connectivity index (χ3n) is 3.45. The van der Waals surface area contributed by atoms with Crippen molar-refractivity contribution in [2.45, 2.75) is 25.9 Å². The lowest BCUT2D eigenvalue weighted by atomic mass is 10.0. The van der Waals surface area contributed by atoms with Crippen molar-refractivity contribution in [1.82, 2.24) is 9.88 Å². The molecule has 2 aromatic rings. The molecule has 1 unspecified atom stereocenters. The highest BCUT2D eigenvalue weighted by atomic mass is 15.1. The summed E-state index contributed by atoms with van der Waals surface area (Å²) in [5, 5.41) is 9.12. The zero-order valence-corrected chi connectivity index (χ0v) is 11.7. The quantitative estimate of drug-likeness (QED) is 0.801. The van der Waals surface area contributed by atoms with Crippen LogP contribution in [0.15, 0.2) is 54.9 Å². The minimum Gasteiger partial charge on any atom is -0.291 e. The van der Waals surface area contributed by atoms with E-state index in [0.29, 0.717) is 6.42 Å². The molecule has 1 aromatic heterocycles. The van der Waals surface area contributed by atoms with Gasteiger partial charge < -0.3 is 0 Å². The maximum Gasteiger partial charge on any atom is 0.0641 e. The molecule has 0 spiro atoms. The van der Waals surface area contributed by atoms with Crippen LogP contribution in [0.25, 0.3) is 0 Å². The fourth-order valence-electron chi connectivity index (χ4n) is 2.38. The molecule has 1 heterocycles. The second-order valence-electron chi connectivity index (χ2n) is 4.71. The molecule has 0 saturated heterocycles. The highest BCUT2D eigenvalue weighted by molar-refractivity contribution is 5.21. The van der Waals surface area contributed by atoms with Crippen LogP contribution >= 0.6 is 0 Å². The lowest BCUT2D eigenvalue weighted by Crippen LogP contribution is -2.28. The molecule has 0 bridgehead atoms. The Bertz CT molecular complexity index is 545. The number of pyridine rings is 1. The van der Waals surface area contributed by atoms with Gasteiger partial charge in [-0.3, -0.25) is 9.88 Å². The third kappa shape index (κ3) is 3.66. The van der Waals surface area contributed by atoms with E-state index in [4.69, 9.17) is 5.26 Å². The summed E-state index contributed by atoms with van der Waals surface area (Å²) in [4.78, 5) is 6.37. The van der Waals surface area contributed by atoms with Gasteiger partial charge in [0.05, 0.1) is 12.5 Å². The number of hydrogen-bond acceptors (Lipinski definition) is 3. The summed E-state index contributed by atoms with van der Waals surface area (Å²) in [7, 11) is 0. The lowest BCUT2D eigenvalue weighted by molar-refractivity contribution is 0.201. The molecule has 0 amide bonds. The molecule has 1 aromatic carbocycles. The molecule has 102 valence electrons. The topological polar surface area (TPSA) is 39.9 Å². The molecule has 0 aliphatic carbocycles. The fraction of sp³-hybridized carbons (Fsp3) is 0.294. The first-order valence-electron chi connectivity index (χ1n) is 6.90. The first-order chi connectivity index (χ1) is 9.85. The molecule has 3 nitrogen and oxygen atoms in total. The maximum absolute atomic E-state index is 9.12. The highest BCUT2D eigenvalue weighted by Crippen LogP contribution is 2.25. The number of hydrogen-bond donors (Lipinski definition) is 0. The van der Waals surface area contributed by atoms with Crippen molar-refractivity contribution >= 4 is 0 Å². The summed E-state index contributed by atoms with van der Waals surface area (Å²) in [6.45, 7) is 3.87. The monoisotopic (exact) mass is 265 g/mol. The van der Waals surface area contributed by atoms with Crippen molar-refractivity contribution in [2.75, 3.05) is 6.54 Å². The van der Waals surface area contributed by atoms with Crippen LogP contribution in [0.2, 0.25) is 0 Å². The van der Waals surface area contributed by atoms with Gasteiger partial charge in [0.25, 0.3) is 0 Å². The SMILES string of the molecule is CCN(Cc1ccncc1)C(CC#N)c1ccccc1. The Hall–Kier alpha value is -2.18. The Morgan fingerprint density at radius 1 is 1.15 bits per heavy atom. The number of rotatable bonds is 6. The summed E-state index contributed by atoms with van der Waals surface area (Å²) < 4.78 is 0. The Morgan fingerprint density at radius 3 is 2.45 bits per heavy atom. The Balaban J connectivity index is 2.20. The standard InChI is InChI=1S/C17H19N3/c1-2-20(14-15-9-12-19-13-10-15)17(8-11-18)16-6-4-3-5-7-16/h3-7,9-10,12-13,17H,2,8,14H2,1H3. The van der Waals surface area contributed by atoms with Crippen molar-refractivity contribution in [3.63, 3.8) is 0 Å². The normalized spacial score (nSPS) is 12.1. The number of aromatic nitrogens is 1. The second-order valence-corrected chi connectivity index (χ2v) is 4.71. The van der Waals surface area contributed by atoms with E-state index >= 15 is 0 Å². The van der Waals surface area contributed by atoms with Gasteiger partial charge in [-0.15, -0.1) is 0 Å². The zero-order chi connectivity index (χ0) is 14.2. The van der Waals surface area contributed by atoms with Crippen molar-refractivity contribution in [3.8, 4) is 6.07 Å². The van der Waals surface area contributed by atoms with E-state index in [9.17, 15) is 0 Å². The van der Waals surface area contributed by atoms with Gasteiger partial charge in [0.2, 0.25) is 0 Å². The summed E-state index contributed by atoms with van der Waals surface area (Å²) in [5.41, 5.74) is 2.42. The fourth-order valence-corrected chi connectivity index (χ4v) is 2.38. The van der Waals surface area contributed by atoms with E-state index in [1.165, 1.54) is 11.1 Å². The minimum atomic E-state index is 0.138. The molecule has 0 radical (unpaired) electrons. The molecule has 0 N–H and O–H groups in total. The molecule has 0 saturated carbocycles. The number of nitrogens with zero attached hydrogens (tertiary/aromatic N) is 3. The Labute approximate surface area is 120 Å². The molecular weight excluding hydrogens is 246 g/mol. The number of nitriles is 1. The van der Waals surface area contributed by atoms with Gasteiger partial charge in [0, 0.05) is 25.0 Å². The first-order valence-corrected chi connectivity index (χ1v) is 6.90. The molecule has 0 fully saturated rings. The summed E-state index contributed by atoms with van der Waals surface area (Å²) in [6, 6.07) is 16.8. The van der Waals surface area contributed by atoms with Crippen molar-refractivity contribution in [3.05, 3.63) is 66.0 Å². The van der Waals surface area contributed by atoms with Crippen molar-refractivity contribution in [2.24, 2.45) is 0 Å². The molecule has 2 rings (SSSR count). The van der Waals surface area contributed by atoms with Crippen LogP contribution in [0.5, 0.6) is 0 Å². The predicted molar refractivity (Wildman–Crippen MR) is 79.7 cm³/mol. The molecule has 0 aliphatic heterocycles. The predicted octanol–water partition coefficient (Wildman–Crippen LogP) is 3.56. The van der Waals surface area contributed by atoms with Crippen LogP contribution in [-0.2, 0) is 6.54 Å². The molecular formula is C17H19N3. The average Bonchev–Trinajstić information content (AvgIpc) is 2.52. The average molecular weight is 265 g/mol. The van der Waals surface area contributed by atoms with E-state index < -0.39 is 0 Å². The minimum absolute atomic E-state index is 0.138. The maximum atomic E-state index is 9.12. The van der Waals surface area contributed by atoms with Crippen LogP contribution in [0.4, 0.5) is 0 Å². The van der Waals surface area contributed by atoms with Gasteiger partial charge in [-0.25, -0.2) is 0 Å². The van der Waals surface area contributed by atoms with E-state index in [0.717, 1.165) is 13.1 Å². The van der Waals surface area contributed by atoms with E-state index in [1.807, 2.05) is 42.7 Å². The Morgan fingerprint density at radius 2 is 1.85 bits per heavy atom. The lowest BCUT2D eigenvalue weighted by Gasteiger charge is -2.29. The molecule has 3 heteroatoms. The van der Waals surface area contributed by atoms with Gasteiger partial charge >= 0.3 is 0 Å². The van der Waals surface area contributed by atoms with Crippen LogP contribution in [0, 0.1) is 11.3 Å². The largest absolute Gasteiger partial charge is 0.291 e. The van der Waals surface area contributed by atoms with Gasteiger partial charge in [-0.05, 0) is 29.8 Å². The van der Waals surface area contributed by atoms with Crippen LogP contribution in [-0.4, -0.2) is 16.4 Å². The Kier molecular flexibility index (Phi) is 5.28. The van der Waals surface area contributed by atoms with Crippen molar-refractivity contribution in [1.29, 1.82) is 5.26 Å². The highest BCUT2D eigenvalue weighted by Gasteiger charge is 2.18. The zero-order valence-electron chi connectivity index (χ0n) is 11.7. The van der Waals surface area contributed by atoms with Gasteiger partial charge in [-0.1, -0.05) is 37.3 Å². The van der Waals surface area contributed by atoms with E-state index in [-0.39, 0.29) is 6.04 Å². The summed E-state index contributed by atoms with van der Waals surface area (Å²) in [5.74, 6) is 0. The van der Waals surface area contributed by atoms with E-state index in [1.54, 1.807) is 0 Å². The van der Waals surface area contributed by atoms with Crippen molar-refractivity contribution < 1.29 is 0 Å². The smallest absolute Gasteiger partial charge is 0.0641 e. The first kappa shape index (κ1) is 14.2. The molecule has 20 heavy (non-hydrogen) atoms.